The van der Waals surface area contributed by atoms with Crippen molar-refractivity contribution < 1.29 is 4.74 Å². The molecule has 0 bridgehead atoms. The average molecular weight is 623 g/mol. The molecule has 0 aromatic heterocycles. The average Bonchev–Trinajstić information content (AvgIpc) is 3.17. The van der Waals surface area contributed by atoms with Gasteiger partial charge < -0.3 is 4.74 Å². The Morgan fingerprint density at radius 1 is 0.286 bits per heavy atom. The van der Waals surface area contributed by atoms with Gasteiger partial charge in [-0.2, -0.15) is 0 Å². The predicted molar refractivity (Wildman–Crippen MR) is 206 cm³/mol. The van der Waals surface area contributed by atoms with Gasteiger partial charge in [-0.25, -0.2) is 0 Å². The van der Waals surface area contributed by atoms with Crippen LogP contribution in [0.5, 0.6) is 11.5 Å². The Morgan fingerprint density at radius 3 is 1.55 bits per heavy atom. The molecule has 0 spiro atoms. The summed E-state index contributed by atoms with van der Waals surface area (Å²) in [6.45, 7) is 0. The van der Waals surface area contributed by atoms with Crippen LogP contribution in [-0.4, -0.2) is 0 Å². The van der Waals surface area contributed by atoms with Gasteiger partial charge in [-0.1, -0.05) is 158 Å². The van der Waals surface area contributed by atoms with E-state index in [1.807, 2.05) is 0 Å². The van der Waals surface area contributed by atoms with Crippen molar-refractivity contribution in [2.75, 3.05) is 0 Å². The lowest BCUT2D eigenvalue weighted by Gasteiger charge is -2.23. The fourth-order valence-electron chi connectivity index (χ4n) is 7.88. The van der Waals surface area contributed by atoms with Crippen LogP contribution in [0.2, 0.25) is 0 Å². The fourth-order valence-corrected chi connectivity index (χ4v) is 7.88. The van der Waals surface area contributed by atoms with E-state index in [0.717, 1.165) is 17.1 Å². The summed E-state index contributed by atoms with van der Waals surface area (Å²) < 4.78 is 6.50. The van der Waals surface area contributed by atoms with Crippen LogP contribution in [0.25, 0.3) is 88.0 Å². The van der Waals surface area contributed by atoms with Gasteiger partial charge >= 0.3 is 0 Å². The standard InChI is InChI=1S/C48H30O/c1-3-13-31(14-4-1)34-25-27-36(32-15-5-2-6-16-32)43(29-34)48-39-21-9-7-19-37(39)46(38-20-8-10-22-40(38)48)35-26-28-44-42(30-35)41-23-11-17-33-18-12-24-45(49-44)47(33)41/h1-30H. The van der Waals surface area contributed by atoms with Crippen LogP contribution in [-0.2, 0) is 0 Å². The van der Waals surface area contributed by atoms with E-state index in [0.29, 0.717) is 0 Å². The van der Waals surface area contributed by atoms with Crippen molar-refractivity contribution in [1.29, 1.82) is 0 Å². The van der Waals surface area contributed by atoms with Crippen molar-refractivity contribution >= 4 is 32.3 Å². The lowest BCUT2D eigenvalue weighted by molar-refractivity contribution is 0.487. The van der Waals surface area contributed by atoms with Crippen molar-refractivity contribution in [2.24, 2.45) is 0 Å². The Kier molecular flexibility index (Phi) is 6.25. The molecule has 0 radical (unpaired) electrons. The highest BCUT2D eigenvalue weighted by Gasteiger charge is 2.23. The van der Waals surface area contributed by atoms with Gasteiger partial charge in [-0.3, -0.25) is 0 Å². The zero-order chi connectivity index (χ0) is 32.3. The number of benzene rings is 9. The number of hydrogen-bond donors (Lipinski definition) is 0. The summed E-state index contributed by atoms with van der Waals surface area (Å²) in [5.74, 6) is 1.81. The molecule has 10 rings (SSSR count). The predicted octanol–water partition coefficient (Wildman–Crippen LogP) is 13.6. The molecule has 9 aromatic rings. The molecule has 0 saturated carbocycles. The Bertz CT molecular complexity index is 2660. The van der Waals surface area contributed by atoms with Crippen molar-refractivity contribution in [3.63, 3.8) is 0 Å². The maximum absolute atomic E-state index is 6.50. The molecule has 228 valence electrons. The molecule has 49 heavy (non-hydrogen) atoms. The summed E-state index contributed by atoms with van der Waals surface area (Å²) in [6, 6.07) is 65.8. The first-order chi connectivity index (χ1) is 24.3. The lowest BCUT2D eigenvalue weighted by atomic mass is 9.82. The largest absolute Gasteiger partial charge is 0.456 e. The van der Waals surface area contributed by atoms with E-state index in [1.165, 1.54) is 82.4 Å². The van der Waals surface area contributed by atoms with Gasteiger partial charge in [0.15, 0.2) is 0 Å². The number of ether oxygens (including phenoxy) is 1. The molecule has 0 fully saturated rings. The molecule has 0 saturated heterocycles. The molecule has 0 N–H and O–H groups in total. The fraction of sp³-hybridized carbons (Fsp3) is 0. The zero-order valence-electron chi connectivity index (χ0n) is 26.7. The third-order valence-electron chi connectivity index (χ3n) is 10.1. The highest BCUT2D eigenvalue weighted by atomic mass is 16.5. The Hall–Kier alpha value is -6.44. The molecule has 1 nitrogen and oxygen atoms in total. The van der Waals surface area contributed by atoms with Crippen molar-refractivity contribution in [2.45, 2.75) is 0 Å². The topological polar surface area (TPSA) is 9.23 Å². The van der Waals surface area contributed by atoms with Gasteiger partial charge in [0.05, 0.1) is 0 Å². The quantitative estimate of drug-likeness (QED) is 0.177. The van der Waals surface area contributed by atoms with E-state index in [1.54, 1.807) is 0 Å². The molecule has 0 unspecified atom stereocenters. The summed E-state index contributed by atoms with van der Waals surface area (Å²) in [5.41, 5.74) is 12.1. The van der Waals surface area contributed by atoms with E-state index < -0.39 is 0 Å². The van der Waals surface area contributed by atoms with Gasteiger partial charge in [0, 0.05) is 10.9 Å². The highest BCUT2D eigenvalue weighted by Crippen LogP contribution is 2.50. The van der Waals surface area contributed by atoms with Gasteiger partial charge in [-0.05, 0) is 101 Å². The van der Waals surface area contributed by atoms with Crippen molar-refractivity contribution in [3.05, 3.63) is 182 Å². The number of hydrogen-bond acceptors (Lipinski definition) is 1. The zero-order valence-corrected chi connectivity index (χ0v) is 26.7. The Labute approximate surface area is 285 Å². The first kappa shape index (κ1) is 27.7. The van der Waals surface area contributed by atoms with E-state index in [9.17, 15) is 0 Å². The minimum atomic E-state index is 0.894. The molecule has 9 aromatic carbocycles. The molecule has 0 atom stereocenters. The van der Waals surface area contributed by atoms with Crippen molar-refractivity contribution in [3.8, 4) is 67.1 Å². The SMILES string of the molecule is c1ccc(-c2ccc(-c3ccccc3)c(-c3c4ccccc4c(-c4ccc5c(c4)-c4cccc6cccc(c46)O5)c4ccccc34)c2)cc1. The number of rotatable bonds is 4. The Morgan fingerprint density at radius 2 is 0.857 bits per heavy atom. The van der Waals surface area contributed by atoms with Crippen molar-refractivity contribution in [1.82, 2.24) is 0 Å². The van der Waals surface area contributed by atoms with E-state index in [-0.39, 0.29) is 0 Å². The molecule has 0 aliphatic carbocycles. The second kappa shape index (κ2) is 11.1. The molecule has 1 aliphatic rings. The minimum absolute atomic E-state index is 0.894. The van der Waals surface area contributed by atoms with Gasteiger partial charge in [0.2, 0.25) is 0 Å². The van der Waals surface area contributed by atoms with Crippen LogP contribution in [0.15, 0.2) is 182 Å². The van der Waals surface area contributed by atoms with Crippen LogP contribution < -0.4 is 4.74 Å². The maximum Gasteiger partial charge on any atom is 0.135 e. The monoisotopic (exact) mass is 622 g/mol. The van der Waals surface area contributed by atoms with Gasteiger partial charge in [0.25, 0.3) is 0 Å². The normalized spacial score (nSPS) is 11.8. The maximum atomic E-state index is 6.50. The molecule has 1 heteroatoms. The summed E-state index contributed by atoms with van der Waals surface area (Å²) >= 11 is 0. The van der Waals surface area contributed by atoms with E-state index >= 15 is 0 Å². The van der Waals surface area contributed by atoms with Crippen LogP contribution >= 0.6 is 0 Å². The second-order valence-corrected chi connectivity index (χ2v) is 12.8. The van der Waals surface area contributed by atoms with E-state index in [2.05, 4.69) is 182 Å². The van der Waals surface area contributed by atoms with Gasteiger partial charge in [-0.15, -0.1) is 0 Å². The molecule has 1 heterocycles. The Balaban J connectivity index is 1.27. The molecule has 0 amide bonds. The van der Waals surface area contributed by atoms with Crippen LogP contribution in [0.4, 0.5) is 0 Å². The molecular formula is C48H30O. The lowest BCUT2D eigenvalue weighted by Crippen LogP contribution is -1.98. The van der Waals surface area contributed by atoms with Gasteiger partial charge in [0.1, 0.15) is 11.5 Å². The number of fused-ring (bicyclic) bond motifs is 4. The van der Waals surface area contributed by atoms with Crippen LogP contribution in [0, 0.1) is 0 Å². The van der Waals surface area contributed by atoms with Crippen LogP contribution in [0.3, 0.4) is 0 Å². The summed E-state index contributed by atoms with van der Waals surface area (Å²) in [4.78, 5) is 0. The smallest absolute Gasteiger partial charge is 0.135 e. The highest BCUT2D eigenvalue weighted by molar-refractivity contribution is 6.23. The molecule has 1 aliphatic heterocycles. The second-order valence-electron chi connectivity index (χ2n) is 12.8. The van der Waals surface area contributed by atoms with E-state index in [4.69, 9.17) is 4.74 Å². The molecular weight excluding hydrogens is 593 g/mol. The minimum Gasteiger partial charge on any atom is -0.456 e. The first-order valence-corrected chi connectivity index (χ1v) is 16.8. The third kappa shape index (κ3) is 4.40. The summed E-state index contributed by atoms with van der Waals surface area (Å²) in [7, 11) is 0. The summed E-state index contributed by atoms with van der Waals surface area (Å²) in [5, 5.41) is 7.30. The first-order valence-electron chi connectivity index (χ1n) is 16.8. The summed E-state index contributed by atoms with van der Waals surface area (Å²) in [6.07, 6.45) is 0. The third-order valence-corrected chi connectivity index (χ3v) is 10.1. The van der Waals surface area contributed by atoms with Crippen LogP contribution in [0.1, 0.15) is 0 Å².